The summed E-state index contributed by atoms with van der Waals surface area (Å²) < 4.78 is 45.5. The average Bonchev–Trinajstić information content (AvgIpc) is 2.53. The lowest BCUT2D eigenvalue weighted by atomic mass is 9.88. The van der Waals surface area contributed by atoms with Crippen LogP contribution < -0.4 is 9.46 Å². The van der Waals surface area contributed by atoms with Gasteiger partial charge in [0.05, 0.1) is 12.4 Å². The van der Waals surface area contributed by atoms with Gasteiger partial charge in [0.1, 0.15) is 17.2 Å². The van der Waals surface area contributed by atoms with E-state index in [1.165, 1.54) is 18.2 Å². The highest BCUT2D eigenvalue weighted by molar-refractivity contribution is 7.88. The third-order valence-electron chi connectivity index (χ3n) is 3.99. The van der Waals surface area contributed by atoms with Crippen molar-refractivity contribution in [1.29, 1.82) is 0 Å². The molecule has 7 heteroatoms. The van der Waals surface area contributed by atoms with E-state index in [1.807, 2.05) is 0 Å². The summed E-state index contributed by atoms with van der Waals surface area (Å²) in [4.78, 5) is 0. The van der Waals surface area contributed by atoms with Gasteiger partial charge in [-0.1, -0.05) is 30.3 Å². The molecule has 0 fully saturated rings. The van der Waals surface area contributed by atoms with Crippen LogP contribution in [0.2, 0.25) is 0 Å². The van der Waals surface area contributed by atoms with E-state index in [2.05, 4.69) is 4.72 Å². The number of nitrogens with one attached hydrogen (secondary N) is 1. The standard InChI is InChI=1S/C17H18FNO4S/c18-14-5-3-4-13(10-14)11-24(21,22)19-12-17(20)8-9-23-16-7-2-1-6-15(16)17/h1-7,10,19-20H,8-9,11-12H2. The lowest BCUT2D eigenvalue weighted by Crippen LogP contribution is -2.44. The fourth-order valence-electron chi connectivity index (χ4n) is 2.75. The molecule has 0 saturated heterocycles. The highest BCUT2D eigenvalue weighted by Gasteiger charge is 2.36. The number of hydrogen-bond donors (Lipinski definition) is 2. The van der Waals surface area contributed by atoms with E-state index in [4.69, 9.17) is 4.74 Å². The maximum atomic E-state index is 13.2. The van der Waals surface area contributed by atoms with Crippen LogP contribution in [0.4, 0.5) is 4.39 Å². The van der Waals surface area contributed by atoms with Crippen LogP contribution in [0.5, 0.6) is 5.75 Å². The van der Waals surface area contributed by atoms with Gasteiger partial charge in [-0.25, -0.2) is 17.5 Å². The van der Waals surface area contributed by atoms with Crippen LogP contribution in [0.3, 0.4) is 0 Å². The minimum absolute atomic E-state index is 0.162. The molecular weight excluding hydrogens is 333 g/mol. The molecule has 0 spiro atoms. The first-order valence-electron chi connectivity index (χ1n) is 7.54. The number of hydrogen-bond acceptors (Lipinski definition) is 4. The van der Waals surface area contributed by atoms with Crippen molar-refractivity contribution in [2.24, 2.45) is 0 Å². The Hall–Kier alpha value is -1.96. The Balaban J connectivity index is 1.73. The van der Waals surface area contributed by atoms with Crippen LogP contribution in [0.15, 0.2) is 48.5 Å². The van der Waals surface area contributed by atoms with Crippen LogP contribution >= 0.6 is 0 Å². The van der Waals surface area contributed by atoms with Gasteiger partial charge in [0.15, 0.2) is 0 Å². The second-order valence-electron chi connectivity index (χ2n) is 5.84. The second-order valence-corrected chi connectivity index (χ2v) is 7.64. The molecular formula is C17H18FNO4S. The molecule has 128 valence electrons. The molecule has 1 aliphatic rings. The van der Waals surface area contributed by atoms with E-state index >= 15 is 0 Å². The van der Waals surface area contributed by atoms with Crippen molar-refractivity contribution in [1.82, 2.24) is 4.72 Å². The van der Waals surface area contributed by atoms with Gasteiger partial charge in [0.2, 0.25) is 10.0 Å². The smallest absolute Gasteiger partial charge is 0.215 e. The molecule has 0 amide bonds. The van der Waals surface area contributed by atoms with Gasteiger partial charge >= 0.3 is 0 Å². The average molecular weight is 351 g/mol. The lowest BCUT2D eigenvalue weighted by molar-refractivity contribution is 0.00218. The molecule has 24 heavy (non-hydrogen) atoms. The molecule has 0 aliphatic carbocycles. The second kappa shape index (κ2) is 6.51. The van der Waals surface area contributed by atoms with Crippen molar-refractivity contribution in [3.05, 3.63) is 65.5 Å². The van der Waals surface area contributed by atoms with Crippen molar-refractivity contribution in [2.45, 2.75) is 17.8 Å². The molecule has 0 radical (unpaired) electrons. The van der Waals surface area contributed by atoms with Crippen LogP contribution in [0.1, 0.15) is 17.5 Å². The number of fused-ring (bicyclic) bond motifs is 1. The zero-order valence-corrected chi connectivity index (χ0v) is 13.7. The molecule has 0 bridgehead atoms. The van der Waals surface area contributed by atoms with Gasteiger partial charge in [-0.3, -0.25) is 0 Å². The Morgan fingerprint density at radius 3 is 2.79 bits per heavy atom. The molecule has 2 aromatic rings. The summed E-state index contributed by atoms with van der Waals surface area (Å²) in [5.74, 6) is -0.283. The van der Waals surface area contributed by atoms with Crippen LogP contribution in [0.25, 0.3) is 0 Å². The number of rotatable bonds is 5. The van der Waals surface area contributed by atoms with E-state index in [1.54, 1.807) is 30.3 Å². The Kier molecular flexibility index (Phi) is 4.58. The fourth-order valence-corrected chi connectivity index (χ4v) is 3.93. The monoisotopic (exact) mass is 351 g/mol. The van der Waals surface area contributed by atoms with Crippen molar-refractivity contribution >= 4 is 10.0 Å². The number of aliphatic hydroxyl groups is 1. The molecule has 3 rings (SSSR count). The van der Waals surface area contributed by atoms with Crippen LogP contribution in [-0.2, 0) is 21.4 Å². The quantitative estimate of drug-likeness (QED) is 0.863. The first kappa shape index (κ1) is 16.9. The summed E-state index contributed by atoms with van der Waals surface area (Å²) in [7, 11) is -3.71. The van der Waals surface area contributed by atoms with Crippen molar-refractivity contribution in [3.63, 3.8) is 0 Å². The first-order chi connectivity index (χ1) is 11.4. The summed E-state index contributed by atoms with van der Waals surface area (Å²) in [5.41, 5.74) is -0.421. The van der Waals surface area contributed by atoms with Crippen LogP contribution in [0, 0.1) is 5.82 Å². The van der Waals surface area contributed by atoms with Gasteiger partial charge < -0.3 is 9.84 Å². The minimum Gasteiger partial charge on any atom is -0.493 e. The maximum absolute atomic E-state index is 13.2. The molecule has 0 saturated carbocycles. The number of sulfonamides is 1. The summed E-state index contributed by atoms with van der Waals surface area (Å²) in [6, 6.07) is 12.4. The predicted molar refractivity (Wildman–Crippen MR) is 87.5 cm³/mol. The van der Waals surface area contributed by atoms with E-state index in [9.17, 15) is 17.9 Å². The van der Waals surface area contributed by atoms with E-state index in [0.29, 0.717) is 23.5 Å². The Morgan fingerprint density at radius 2 is 2.00 bits per heavy atom. The number of benzene rings is 2. The Labute approximate surface area is 140 Å². The largest absolute Gasteiger partial charge is 0.493 e. The van der Waals surface area contributed by atoms with Crippen molar-refractivity contribution < 1.29 is 22.7 Å². The summed E-state index contributed by atoms with van der Waals surface area (Å²) in [5, 5.41) is 10.8. The summed E-state index contributed by atoms with van der Waals surface area (Å²) in [6.07, 6.45) is 0.284. The molecule has 0 aromatic heterocycles. The highest BCUT2D eigenvalue weighted by atomic mass is 32.2. The third kappa shape index (κ3) is 3.75. The van der Waals surface area contributed by atoms with E-state index in [-0.39, 0.29) is 18.7 Å². The van der Waals surface area contributed by atoms with E-state index < -0.39 is 21.4 Å². The fraction of sp³-hybridized carbons (Fsp3) is 0.294. The molecule has 1 unspecified atom stereocenters. The zero-order valence-electron chi connectivity index (χ0n) is 12.9. The Morgan fingerprint density at radius 1 is 1.21 bits per heavy atom. The predicted octanol–water partition coefficient (Wildman–Crippen LogP) is 1.92. The van der Waals surface area contributed by atoms with Gasteiger partial charge in [0.25, 0.3) is 0 Å². The van der Waals surface area contributed by atoms with Gasteiger partial charge in [0, 0.05) is 18.5 Å². The number of halogens is 1. The topological polar surface area (TPSA) is 75.6 Å². The molecule has 2 aromatic carbocycles. The molecule has 5 nitrogen and oxygen atoms in total. The third-order valence-corrected chi connectivity index (χ3v) is 5.29. The highest BCUT2D eigenvalue weighted by Crippen LogP contribution is 2.36. The molecule has 2 N–H and O–H groups in total. The Bertz CT molecular complexity index is 840. The SMILES string of the molecule is O=S(=O)(Cc1cccc(F)c1)NCC1(O)CCOc2ccccc21. The maximum Gasteiger partial charge on any atom is 0.215 e. The first-order valence-corrected chi connectivity index (χ1v) is 9.20. The lowest BCUT2D eigenvalue weighted by Gasteiger charge is -2.34. The number of ether oxygens (including phenoxy) is 1. The van der Waals surface area contributed by atoms with E-state index in [0.717, 1.165) is 0 Å². The summed E-state index contributed by atoms with van der Waals surface area (Å²) in [6.45, 7) is 0.143. The number of para-hydroxylation sites is 1. The normalized spacial score (nSPS) is 20.2. The van der Waals surface area contributed by atoms with Crippen molar-refractivity contribution in [3.8, 4) is 5.75 Å². The van der Waals surface area contributed by atoms with Gasteiger partial charge in [-0.05, 0) is 23.8 Å². The minimum atomic E-state index is -3.71. The van der Waals surface area contributed by atoms with Gasteiger partial charge in [-0.15, -0.1) is 0 Å². The van der Waals surface area contributed by atoms with Crippen molar-refractivity contribution in [2.75, 3.05) is 13.2 Å². The zero-order chi connectivity index (χ0) is 17.2. The molecule has 1 atom stereocenters. The van der Waals surface area contributed by atoms with Crippen LogP contribution in [-0.4, -0.2) is 26.7 Å². The summed E-state index contributed by atoms with van der Waals surface area (Å²) >= 11 is 0. The molecule has 1 aliphatic heterocycles. The molecule has 1 heterocycles. The van der Waals surface area contributed by atoms with Gasteiger partial charge in [-0.2, -0.15) is 0 Å².